The lowest BCUT2D eigenvalue weighted by Crippen LogP contribution is -2.25. The van der Waals surface area contributed by atoms with Gasteiger partial charge in [0.1, 0.15) is 11.6 Å². The molecule has 1 unspecified atom stereocenters. The summed E-state index contributed by atoms with van der Waals surface area (Å²) < 4.78 is 33.0. The van der Waals surface area contributed by atoms with Crippen LogP contribution in [0.5, 0.6) is 0 Å². The molecule has 108 valence electrons. The van der Waals surface area contributed by atoms with E-state index in [1.54, 1.807) is 14.0 Å². The second-order valence-electron chi connectivity index (χ2n) is 4.73. The van der Waals surface area contributed by atoms with E-state index in [9.17, 15) is 8.78 Å². The number of ether oxygens (including phenoxy) is 1. The average Bonchev–Trinajstić information content (AvgIpc) is 2.40. The van der Waals surface area contributed by atoms with Gasteiger partial charge in [-0.1, -0.05) is 13.0 Å². The fourth-order valence-electron chi connectivity index (χ4n) is 2.10. The number of halogens is 2. The van der Waals surface area contributed by atoms with Crippen molar-refractivity contribution in [3.63, 3.8) is 0 Å². The lowest BCUT2D eigenvalue weighted by molar-refractivity contribution is 0.188. The molecular formula is C15H23F2NO. The molecule has 0 saturated carbocycles. The zero-order valence-corrected chi connectivity index (χ0v) is 11.9. The summed E-state index contributed by atoms with van der Waals surface area (Å²) in [4.78, 5) is 0. The number of aryl methyl sites for hydroxylation is 1. The molecule has 1 aromatic carbocycles. The number of nitrogens with one attached hydrogen (secondary N) is 1. The van der Waals surface area contributed by atoms with E-state index in [0.29, 0.717) is 18.6 Å². The summed E-state index contributed by atoms with van der Waals surface area (Å²) in [7, 11) is 1.63. The molecule has 4 heteroatoms. The lowest BCUT2D eigenvalue weighted by Gasteiger charge is -2.21. The van der Waals surface area contributed by atoms with Crippen molar-refractivity contribution in [2.45, 2.75) is 39.2 Å². The van der Waals surface area contributed by atoms with Crippen molar-refractivity contribution in [3.05, 3.63) is 34.9 Å². The van der Waals surface area contributed by atoms with E-state index in [0.717, 1.165) is 19.4 Å². The third-order valence-corrected chi connectivity index (χ3v) is 3.15. The zero-order valence-electron chi connectivity index (χ0n) is 11.9. The van der Waals surface area contributed by atoms with Gasteiger partial charge in [0.15, 0.2) is 0 Å². The van der Waals surface area contributed by atoms with Gasteiger partial charge in [-0.05, 0) is 44.4 Å². The molecule has 1 atom stereocenters. The van der Waals surface area contributed by atoms with Crippen molar-refractivity contribution in [1.29, 1.82) is 0 Å². The first-order valence-corrected chi connectivity index (χ1v) is 6.78. The van der Waals surface area contributed by atoms with Gasteiger partial charge in [0, 0.05) is 25.3 Å². The van der Waals surface area contributed by atoms with Gasteiger partial charge in [-0.15, -0.1) is 0 Å². The van der Waals surface area contributed by atoms with Gasteiger partial charge < -0.3 is 10.1 Å². The first-order chi connectivity index (χ1) is 9.11. The summed E-state index contributed by atoms with van der Waals surface area (Å²) in [6.07, 6.45) is 2.35. The predicted octanol–water partition coefficient (Wildman–Crippen LogP) is 3.74. The predicted molar refractivity (Wildman–Crippen MR) is 73.2 cm³/mol. The zero-order chi connectivity index (χ0) is 14.3. The lowest BCUT2D eigenvalue weighted by atomic mass is 9.98. The Morgan fingerprint density at radius 2 is 2.05 bits per heavy atom. The summed E-state index contributed by atoms with van der Waals surface area (Å²) in [5.74, 6) is -0.917. The van der Waals surface area contributed by atoms with E-state index < -0.39 is 11.6 Å². The molecule has 0 aliphatic rings. The van der Waals surface area contributed by atoms with Crippen LogP contribution in [0, 0.1) is 18.6 Å². The summed E-state index contributed by atoms with van der Waals surface area (Å²) in [6.45, 7) is 5.02. The van der Waals surface area contributed by atoms with Crippen molar-refractivity contribution >= 4 is 0 Å². The highest BCUT2D eigenvalue weighted by atomic mass is 19.1. The second kappa shape index (κ2) is 8.23. The first-order valence-electron chi connectivity index (χ1n) is 6.78. The monoisotopic (exact) mass is 271 g/mol. The second-order valence-corrected chi connectivity index (χ2v) is 4.73. The van der Waals surface area contributed by atoms with Gasteiger partial charge in [-0.2, -0.15) is 0 Å². The fourth-order valence-corrected chi connectivity index (χ4v) is 2.10. The number of methoxy groups -OCH3 is 1. The smallest absolute Gasteiger partial charge is 0.133 e. The standard InChI is InChI=1S/C15H23F2NO/c1-4-9-18-13(6-5-10-19-3)14-12(16)8-7-11(2)15(14)17/h7-8,13,18H,4-6,9-10H2,1-3H3. The van der Waals surface area contributed by atoms with Crippen molar-refractivity contribution in [1.82, 2.24) is 5.32 Å². The van der Waals surface area contributed by atoms with Crippen LogP contribution in [0.2, 0.25) is 0 Å². The minimum Gasteiger partial charge on any atom is -0.385 e. The maximum absolute atomic E-state index is 14.1. The normalized spacial score (nSPS) is 12.7. The summed E-state index contributed by atoms with van der Waals surface area (Å²) in [5.41, 5.74) is 0.635. The minimum absolute atomic E-state index is 0.157. The van der Waals surface area contributed by atoms with Crippen LogP contribution >= 0.6 is 0 Å². The highest BCUT2D eigenvalue weighted by Gasteiger charge is 2.20. The third kappa shape index (κ3) is 4.55. The molecular weight excluding hydrogens is 248 g/mol. The van der Waals surface area contributed by atoms with E-state index in [1.807, 2.05) is 6.92 Å². The molecule has 2 nitrogen and oxygen atoms in total. The first kappa shape index (κ1) is 16.1. The SMILES string of the molecule is CCCNC(CCCOC)c1c(F)ccc(C)c1F. The van der Waals surface area contributed by atoms with Crippen molar-refractivity contribution < 1.29 is 13.5 Å². The molecule has 1 rings (SSSR count). The van der Waals surface area contributed by atoms with Crippen molar-refractivity contribution in [2.75, 3.05) is 20.3 Å². The minimum atomic E-state index is -0.478. The van der Waals surface area contributed by atoms with Gasteiger partial charge >= 0.3 is 0 Å². The van der Waals surface area contributed by atoms with E-state index in [1.165, 1.54) is 12.1 Å². The molecule has 0 aliphatic carbocycles. The quantitative estimate of drug-likeness (QED) is 0.727. The Balaban J connectivity index is 2.92. The highest BCUT2D eigenvalue weighted by molar-refractivity contribution is 5.29. The number of hydrogen-bond acceptors (Lipinski definition) is 2. The van der Waals surface area contributed by atoms with Crippen LogP contribution in [0.1, 0.15) is 43.4 Å². The molecule has 0 radical (unpaired) electrons. The maximum atomic E-state index is 14.1. The Bertz CT molecular complexity index is 396. The molecule has 1 aromatic rings. The van der Waals surface area contributed by atoms with Crippen LogP contribution < -0.4 is 5.32 Å². The molecule has 0 saturated heterocycles. The van der Waals surface area contributed by atoms with Crippen LogP contribution in [-0.4, -0.2) is 20.3 Å². The fraction of sp³-hybridized carbons (Fsp3) is 0.600. The maximum Gasteiger partial charge on any atom is 0.133 e. The third-order valence-electron chi connectivity index (χ3n) is 3.15. The molecule has 1 N–H and O–H groups in total. The molecule has 0 aliphatic heterocycles. The molecule has 0 heterocycles. The number of hydrogen-bond donors (Lipinski definition) is 1. The Labute approximate surface area is 114 Å². The van der Waals surface area contributed by atoms with Crippen LogP contribution in [-0.2, 0) is 4.74 Å². The summed E-state index contributed by atoms with van der Waals surface area (Å²) in [6, 6.07) is 2.51. The van der Waals surface area contributed by atoms with Crippen molar-refractivity contribution in [2.24, 2.45) is 0 Å². The molecule has 0 aromatic heterocycles. The van der Waals surface area contributed by atoms with E-state index in [-0.39, 0.29) is 11.6 Å². The van der Waals surface area contributed by atoms with Crippen molar-refractivity contribution in [3.8, 4) is 0 Å². The molecule has 0 spiro atoms. The van der Waals surface area contributed by atoms with Gasteiger partial charge in [0.05, 0.1) is 0 Å². The highest BCUT2D eigenvalue weighted by Crippen LogP contribution is 2.26. The van der Waals surface area contributed by atoms with E-state index in [2.05, 4.69) is 5.32 Å². The number of benzene rings is 1. The van der Waals surface area contributed by atoms with Gasteiger partial charge in [0.2, 0.25) is 0 Å². The average molecular weight is 271 g/mol. The van der Waals surface area contributed by atoms with Crippen LogP contribution in [0.4, 0.5) is 8.78 Å². The van der Waals surface area contributed by atoms with Crippen LogP contribution in [0.15, 0.2) is 12.1 Å². The van der Waals surface area contributed by atoms with E-state index >= 15 is 0 Å². The Morgan fingerprint density at radius 3 is 2.68 bits per heavy atom. The Kier molecular flexibility index (Phi) is 6.95. The number of rotatable bonds is 8. The van der Waals surface area contributed by atoms with Crippen LogP contribution in [0.3, 0.4) is 0 Å². The molecule has 19 heavy (non-hydrogen) atoms. The van der Waals surface area contributed by atoms with Crippen LogP contribution in [0.25, 0.3) is 0 Å². The van der Waals surface area contributed by atoms with Gasteiger partial charge in [-0.3, -0.25) is 0 Å². The molecule has 0 bridgehead atoms. The van der Waals surface area contributed by atoms with Gasteiger partial charge in [0.25, 0.3) is 0 Å². The Hall–Kier alpha value is -1.00. The summed E-state index contributed by atoms with van der Waals surface area (Å²) in [5, 5.41) is 3.22. The Morgan fingerprint density at radius 1 is 1.32 bits per heavy atom. The van der Waals surface area contributed by atoms with E-state index in [4.69, 9.17) is 4.74 Å². The summed E-state index contributed by atoms with van der Waals surface area (Å²) >= 11 is 0. The molecule has 0 amide bonds. The topological polar surface area (TPSA) is 21.3 Å². The van der Waals surface area contributed by atoms with Gasteiger partial charge in [-0.25, -0.2) is 8.78 Å². The molecule has 0 fully saturated rings. The largest absolute Gasteiger partial charge is 0.385 e.